The Morgan fingerprint density at radius 3 is 2.33 bits per heavy atom. The molecule has 43 heavy (non-hydrogen) atoms. The number of benzene rings is 3. The minimum Gasteiger partial charge on any atom is -0.466 e. The average Bonchev–Trinajstić information content (AvgIpc) is 2.97. The Hall–Kier alpha value is -4.27. The number of ether oxygens (including phenoxy) is 2. The number of rotatable bonds is 8. The van der Waals surface area contributed by atoms with E-state index < -0.39 is 23.1 Å². The second-order valence-electron chi connectivity index (χ2n) is 11.6. The molecule has 0 saturated heterocycles. The Morgan fingerprint density at radius 2 is 1.70 bits per heavy atom. The highest BCUT2D eigenvalue weighted by molar-refractivity contribution is 5.86. The van der Waals surface area contributed by atoms with Gasteiger partial charge in [0.15, 0.2) is 0 Å². The predicted octanol–water partition coefficient (Wildman–Crippen LogP) is 7.43. The molecule has 0 atom stereocenters. The third-order valence-corrected chi connectivity index (χ3v) is 7.34. The number of hydrogen-bond donors (Lipinski definition) is 0. The van der Waals surface area contributed by atoms with E-state index in [1.807, 2.05) is 48.2 Å². The van der Waals surface area contributed by atoms with Gasteiger partial charge in [0.05, 0.1) is 29.5 Å². The van der Waals surface area contributed by atoms with Crippen LogP contribution in [0.25, 0.3) is 6.08 Å². The minimum absolute atomic E-state index is 0.314. The number of carbonyl (C=O) groups excluding carboxylic acids is 2. The Balaban J connectivity index is 1.60. The molecule has 0 saturated carbocycles. The van der Waals surface area contributed by atoms with Crippen LogP contribution in [0, 0.1) is 5.41 Å². The van der Waals surface area contributed by atoms with Crippen molar-refractivity contribution < 1.29 is 32.2 Å². The molecular formula is C34H37F3N2O4. The van der Waals surface area contributed by atoms with Gasteiger partial charge in [0.1, 0.15) is 5.75 Å². The molecule has 0 fully saturated rings. The highest BCUT2D eigenvalue weighted by Gasteiger charge is 2.33. The van der Waals surface area contributed by atoms with Crippen LogP contribution >= 0.6 is 0 Å². The molecule has 9 heteroatoms. The van der Waals surface area contributed by atoms with Crippen molar-refractivity contribution in [2.75, 3.05) is 30.0 Å². The molecule has 1 heterocycles. The minimum atomic E-state index is -4.48. The average molecular weight is 595 g/mol. The number of esters is 2. The van der Waals surface area contributed by atoms with Gasteiger partial charge in [-0.05, 0) is 92.8 Å². The van der Waals surface area contributed by atoms with Gasteiger partial charge < -0.3 is 19.3 Å². The van der Waals surface area contributed by atoms with Crippen LogP contribution in [0.5, 0.6) is 5.75 Å². The van der Waals surface area contributed by atoms with Crippen LogP contribution in [-0.2, 0) is 40.0 Å². The molecule has 0 spiro atoms. The first kappa shape index (κ1) is 31.7. The molecule has 1 aliphatic heterocycles. The van der Waals surface area contributed by atoms with Gasteiger partial charge in [0, 0.05) is 32.3 Å². The van der Waals surface area contributed by atoms with Crippen molar-refractivity contribution in [2.24, 2.45) is 5.41 Å². The maximum Gasteiger partial charge on any atom is 0.416 e. The monoisotopic (exact) mass is 594 g/mol. The number of hydrogen-bond acceptors (Lipinski definition) is 6. The van der Waals surface area contributed by atoms with E-state index in [4.69, 9.17) is 4.74 Å². The van der Waals surface area contributed by atoms with E-state index in [0.29, 0.717) is 44.0 Å². The lowest BCUT2D eigenvalue weighted by atomic mass is 9.96. The van der Waals surface area contributed by atoms with Gasteiger partial charge in [-0.15, -0.1) is 0 Å². The van der Waals surface area contributed by atoms with Gasteiger partial charge in [-0.2, -0.15) is 13.2 Å². The molecule has 0 bridgehead atoms. The van der Waals surface area contributed by atoms with Gasteiger partial charge in [-0.1, -0.05) is 30.3 Å². The van der Waals surface area contributed by atoms with Crippen LogP contribution in [-0.4, -0.2) is 32.1 Å². The summed E-state index contributed by atoms with van der Waals surface area (Å²) in [6.45, 7) is 9.32. The largest absolute Gasteiger partial charge is 0.466 e. The first-order valence-corrected chi connectivity index (χ1v) is 14.2. The summed E-state index contributed by atoms with van der Waals surface area (Å²) in [4.78, 5) is 27.8. The van der Waals surface area contributed by atoms with Crippen LogP contribution in [0.3, 0.4) is 0 Å². The molecule has 0 aromatic heterocycles. The van der Waals surface area contributed by atoms with Gasteiger partial charge in [0.2, 0.25) is 0 Å². The zero-order valence-electron chi connectivity index (χ0n) is 25.1. The molecule has 0 N–H and O–H groups in total. The first-order chi connectivity index (χ1) is 20.3. The second kappa shape index (κ2) is 12.9. The topological polar surface area (TPSA) is 59.1 Å². The molecule has 6 nitrogen and oxygen atoms in total. The molecule has 4 rings (SSSR count). The highest BCUT2D eigenvalue weighted by atomic mass is 19.4. The summed E-state index contributed by atoms with van der Waals surface area (Å²) < 4.78 is 51.7. The highest BCUT2D eigenvalue weighted by Crippen LogP contribution is 2.39. The lowest BCUT2D eigenvalue weighted by Crippen LogP contribution is -2.33. The molecule has 0 aliphatic carbocycles. The summed E-state index contributed by atoms with van der Waals surface area (Å²) in [5.41, 5.74) is 3.72. The Bertz CT molecular complexity index is 1490. The Kier molecular flexibility index (Phi) is 9.52. The smallest absolute Gasteiger partial charge is 0.416 e. The molecule has 3 aromatic carbocycles. The predicted molar refractivity (Wildman–Crippen MR) is 162 cm³/mol. The fourth-order valence-corrected chi connectivity index (χ4v) is 4.83. The van der Waals surface area contributed by atoms with E-state index in [1.165, 1.54) is 19.3 Å². The van der Waals surface area contributed by atoms with Gasteiger partial charge in [0.25, 0.3) is 0 Å². The summed E-state index contributed by atoms with van der Waals surface area (Å²) in [5.74, 6) is -0.277. The van der Waals surface area contributed by atoms with Gasteiger partial charge in [-0.25, -0.2) is 4.79 Å². The van der Waals surface area contributed by atoms with Crippen molar-refractivity contribution in [3.8, 4) is 5.75 Å². The van der Waals surface area contributed by atoms with Crippen LogP contribution in [0.2, 0.25) is 0 Å². The van der Waals surface area contributed by atoms with Crippen LogP contribution < -0.4 is 14.5 Å². The fourth-order valence-electron chi connectivity index (χ4n) is 4.83. The summed E-state index contributed by atoms with van der Waals surface area (Å²) in [7, 11) is 1.31. The number of anilines is 2. The second-order valence-corrected chi connectivity index (χ2v) is 11.6. The van der Waals surface area contributed by atoms with Crippen molar-refractivity contribution in [3.05, 3.63) is 94.6 Å². The van der Waals surface area contributed by atoms with Crippen LogP contribution in [0.4, 0.5) is 24.5 Å². The number of carbonyl (C=O) groups is 2. The Morgan fingerprint density at radius 1 is 0.977 bits per heavy atom. The lowest BCUT2D eigenvalue weighted by Gasteiger charge is -2.35. The van der Waals surface area contributed by atoms with Crippen molar-refractivity contribution in [1.82, 2.24) is 0 Å². The third kappa shape index (κ3) is 7.97. The third-order valence-electron chi connectivity index (χ3n) is 7.34. The quantitative estimate of drug-likeness (QED) is 0.154. The van der Waals surface area contributed by atoms with Crippen molar-refractivity contribution >= 4 is 29.4 Å². The SMILES string of the molecule is CCN(Cc1ccc(/C=C/C(=O)OC)cc1)c1cc(C(F)(F)F)ccc1N1CCc2cc(OC(=O)C(C)(C)C)ccc2C1. The number of fused-ring (bicyclic) bond motifs is 1. The van der Waals surface area contributed by atoms with E-state index in [-0.39, 0.29) is 5.97 Å². The zero-order valence-corrected chi connectivity index (χ0v) is 25.1. The van der Waals surface area contributed by atoms with Gasteiger partial charge >= 0.3 is 18.1 Å². The molecule has 228 valence electrons. The summed E-state index contributed by atoms with van der Waals surface area (Å²) in [6, 6.07) is 17.0. The van der Waals surface area contributed by atoms with Crippen molar-refractivity contribution in [3.63, 3.8) is 0 Å². The molecule has 0 amide bonds. The van der Waals surface area contributed by atoms with E-state index in [1.54, 1.807) is 39.0 Å². The van der Waals surface area contributed by atoms with Gasteiger partial charge in [-0.3, -0.25) is 4.79 Å². The molecular weight excluding hydrogens is 557 g/mol. The van der Waals surface area contributed by atoms with E-state index in [0.717, 1.165) is 34.0 Å². The summed E-state index contributed by atoms with van der Waals surface area (Å²) in [5, 5.41) is 0. The molecule has 0 radical (unpaired) electrons. The fraction of sp³-hybridized carbons (Fsp3) is 0.353. The maximum atomic E-state index is 13.8. The van der Waals surface area contributed by atoms with E-state index >= 15 is 0 Å². The van der Waals surface area contributed by atoms with Crippen LogP contribution in [0.15, 0.2) is 66.7 Å². The first-order valence-electron chi connectivity index (χ1n) is 14.2. The van der Waals surface area contributed by atoms with E-state index in [9.17, 15) is 22.8 Å². The van der Waals surface area contributed by atoms with Crippen molar-refractivity contribution in [1.29, 1.82) is 0 Å². The number of halogens is 3. The van der Waals surface area contributed by atoms with Crippen molar-refractivity contribution in [2.45, 2.75) is 53.4 Å². The zero-order chi connectivity index (χ0) is 31.4. The number of alkyl halides is 3. The molecule has 0 unspecified atom stereocenters. The maximum absolute atomic E-state index is 13.8. The lowest BCUT2D eigenvalue weighted by molar-refractivity contribution is -0.143. The standard InChI is InChI=1S/C34H37F3N2O4/c1-6-38(21-24-9-7-23(8-10-24)11-16-31(40)42-5)30-20-27(34(35,36)37)13-15-29(30)39-18-17-25-19-28(14-12-26(25)22-39)43-32(41)33(2,3)4/h7-16,19-20H,6,17-18,21-22H2,1-5H3/b16-11+. The molecule has 3 aromatic rings. The normalized spacial score (nSPS) is 13.5. The van der Waals surface area contributed by atoms with E-state index in [2.05, 4.69) is 9.64 Å². The Labute approximate surface area is 250 Å². The number of methoxy groups -OCH3 is 1. The molecule has 1 aliphatic rings. The van der Waals surface area contributed by atoms with Crippen LogP contribution in [0.1, 0.15) is 55.5 Å². The summed E-state index contributed by atoms with van der Waals surface area (Å²) in [6.07, 6.45) is -0.846. The number of nitrogens with zero attached hydrogens (tertiary/aromatic N) is 2. The summed E-state index contributed by atoms with van der Waals surface area (Å²) >= 11 is 0.